The van der Waals surface area contributed by atoms with E-state index in [1.165, 1.54) is 24.8 Å². The Morgan fingerprint density at radius 3 is 2.60 bits per heavy atom. The summed E-state index contributed by atoms with van der Waals surface area (Å²) in [6.45, 7) is 4.16. The number of aromatic carboxylic acids is 1. The zero-order chi connectivity index (χ0) is 11.3. The zero-order valence-corrected chi connectivity index (χ0v) is 9.42. The lowest BCUT2D eigenvalue weighted by molar-refractivity contribution is 0.0697. The minimum atomic E-state index is -0.849. The lowest BCUT2D eigenvalue weighted by Crippen LogP contribution is -1.98. The van der Waals surface area contributed by atoms with E-state index in [9.17, 15) is 4.79 Å². The Morgan fingerprint density at radius 2 is 2.07 bits per heavy atom. The largest absolute Gasteiger partial charge is 0.478 e. The smallest absolute Gasteiger partial charge is 0.335 e. The predicted octanol–water partition coefficient (Wildman–Crippen LogP) is 3.43. The molecule has 0 spiro atoms. The van der Waals surface area contributed by atoms with Gasteiger partial charge in [-0.05, 0) is 43.0 Å². The lowest BCUT2D eigenvalue weighted by Gasteiger charge is -2.06. The summed E-state index contributed by atoms with van der Waals surface area (Å²) in [5.74, 6) is -0.849. The summed E-state index contributed by atoms with van der Waals surface area (Å²) in [6.07, 6.45) is 4.69. The maximum absolute atomic E-state index is 10.7. The Bertz CT molecular complexity index is 342. The van der Waals surface area contributed by atoms with Gasteiger partial charge in [-0.15, -0.1) is 0 Å². The molecule has 82 valence electrons. The zero-order valence-electron chi connectivity index (χ0n) is 9.42. The molecule has 1 aromatic rings. The number of aryl methyl sites for hydroxylation is 2. The Kier molecular flexibility index (Phi) is 4.35. The van der Waals surface area contributed by atoms with Crippen LogP contribution >= 0.6 is 0 Å². The van der Waals surface area contributed by atoms with Crippen molar-refractivity contribution in [1.29, 1.82) is 0 Å². The monoisotopic (exact) mass is 206 g/mol. The molecule has 0 aliphatic carbocycles. The molecule has 2 heteroatoms. The van der Waals surface area contributed by atoms with Crippen molar-refractivity contribution in [1.82, 2.24) is 0 Å². The fourth-order valence-electron chi connectivity index (χ4n) is 1.67. The second-order valence-corrected chi connectivity index (χ2v) is 3.90. The van der Waals surface area contributed by atoms with Crippen molar-refractivity contribution in [2.75, 3.05) is 0 Å². The van der Waals surface area contributed by atoms with Crippen molar-refractivity contribution >= 4 is 5.97 Å². The normalized spacial score (nSPS) is 10.3. The summed E-state index contributed by atoms with van der Waals surface area (Å²) < 4.78 is 0. The second kappa shape index (κ2) is 5.54. The number of benzene rings is 1. The number of carbonyl (C=O) groups is 1. The fraction of sp³-hybridized carbons (Fsp3) is 0.462. The fourth-order valence-corrected chi connectivity index (χ4v) is 1.67. The van der Waals surface area contributed by atoms with Crippen LogP contribution in [0.5, 0.6) is 0 Å². The molecule has 0 aromatic heterocycles. The van der Waals surface area contributed by atoms with Crippen molar-refractivity contribution in [3.05, 3.63) is 34.9 Å². The van der Waals surface area contributed by atoms with Crippen molar-refractivity contribution in [2.45, 2.75) is 39.5 Å². The SMILES string of the molecule is CCCCCc1ccc(C(=O)O)cc1C. The van der Waals surface area contributed by atoms with Gasteiger partial charge in [0.05, 0.1) is 5.56 Å². The summed E-state index contributed by atoms with van der Waals surface area (Å²) in [5.41, 5.74) is 2.74. The molecular formula is C13H18O2. The van der Waals surface area contributed by atoms with Gasteiger partial charge in [0.2, 0.25) is 0 Å². The van der Waals surface area contributed by atoms with Crippen molar-refractivity contribution in [2.24, 2.45) is 0 Å². The first-order valence-electron chi connectivity index (χ1n) is 5.48. The molecule has 0 bridgehead atoms. The molecule has 0 saturated heterocycles. The molecule has 0 aliphatic heterocycles. The Hall–Kier alpha value is -1.31. The van der Waals surface area contributed by atoms with E-state index in [1.807, 2.05) is 13.0 Å². The van der Waals surface area contributed by atoms with Gasteiger partial charge in [0.15, 0.2) is 0 Å². The molecule has 0 heterocycles. The summed E-state index contributed by atoms with van der Waals surface area (Å²) in [4.78, 5) is 10.7. The average molecular weight is 206 g/mol. The third kappa shape index (κ3) is 3.39. The number of rotatable bonds is 5. The Balaban J connectivity index is 2.70. The van der Waals surface area contributed by atoms with Gasteiger partial charge in [0.25, 0.3) is 0 Å². The standard InChI is InChI=1S/C13H18O2/c1-3-4-5-6-11-7-8-12(13(14)15)9-10(11)2/h7-9H,3-6H2,1-2H3,(H,14,15). The summed E-state index contributed by atoms with van der Waals surface area (Å²) in [6, 6.07) is 5.38. The van der Waals surface area contributed by atoms with Crippen LogP contribution in [0.25, 0.3) is 0 Å². The molecule has 1 rings (SSSR count). The Morgan fingerprint density at radius 1 is 1.33 bits per heavy atom. The first-order valence-corrected chi connectivity index (χ1v) is 5.48. The van der Waals surface area contributed by atoms with E-state index in [2.05, 4.69) is 6.92 Å². The highest BCUT2D eigenvalue weighted by Crippen LogP contribution is 2.14. The molecule has 0 amide bonds. The van der Waals surface area contributed by atoms with Crippen LogP contribution in [0.2, 0.25) is 0 Å². The van der Waals surface area contributed by atoms with E-state index >= 15 is 0 Å². The van der Waals surface area contributed by atoms with Crippen molar-refractivity contribution in [3.8, 4) is 0 Å². The first kappa shape index (κ1) is 11.8. The number of carboxylic acids is 1. The van der Waals surface area contributed by atoms with Gasteiger partial charge in [-0.1, -0.05) is 25.8 Å². The lowest BCUT2D eigenvalue weighted by atomic mass is 10.00. The minimum Gasteiger partial charge on any atom is -0.478 e. The van der Waals surface area contributed by atoms with Crippen LogP contribution in [0.4, 0.5) is 0 Å². The molecule has 0 radical (unpaired) electrons. The van der Waals surface area contributed by atoms with Crippen LogP contribution in [0.3, 0.4) is 0 Å². The number of carboxylic acid groups (broad SMARTS) is 1. The van der Waals surface area contributed by atoms with E-state index in [4.69, 9.17) is 5.11 Å². The van der Waals surface area contributed by atoms with Crippen molar-refractivity contribution in [3.63, 3.8) is 0 Å². The molecule has 0 atom stereocenters. The molecular weight excluding hydrogens is 188 g/mol. The second-order valence-electron chi connectivity index (χ2n) is 3.90. The maximum Gasteiger partial charge on any atom is 0.335 e. The van der Waals surface area contributed by atoms with Gasteiger partial charge in [-0.2, -0.15) is 0 Å². The number of hydrogen-bond donors (Lipinski definition) is 1. The highest BCUT2D eigenvalue weighted by molar-refractivity contribution is 5.87. The van der Waals surface area contributed by atoms with Crippen LogP contribution in [-0.2, 0) is 6.42 Å². The topological polar surface area (TPSA) is 37.3 Å². The van der Waals surface area contributed by atoms with Gasteiger partial charge in [-0.3, -0.25) is 0 Å². The third-order valence-electron chi connectivity index (χ3n) is 2.64. The van der Waals surface area contributed by atoms with E-state index in [0.29, 0.717) is 5.56 Å². The van der Waals surface area contributed by atoms with Crippen LogP contribution in [0, 0.1) is 6.92 Å². The molecule has 2 nitrogen and oxygen atoms in total. The maximum atomic E-state index is 10.7. The quantitative estimate of drug-likeness (QED) is 0.749. The molecule has 0 unspecified atom stereocenters. The van der Waals surface area contributed by atoms with E-state index in [1.54, 1.807) is 12.1 Å². The van der Waals surface area contributed by atoms with Gasteiger partial charge in [0.1, 0.15) is 0 Å². The van der Waals surface area contributed by atoms with Gasteiger partial charge in [0, 0.05) is 0 Å². The molecule has 0 saturated carbocycles. The summed E-state index contributed by atoms with van der Waals surface area (Å²) >= 11 is 0. The van der Waals surface area contributed by atoms with Crippen molar-refractivity contribution < 1.29 is 9.90 Å². The molecule has 0 aliphatic rings. The van der Waals surface area contributed by atoms with Crippen LogP contribution in [0.1, 0.15) is 47.7 Å². The molecule has 1 aromatic carbocycles. The summed E-state index contributed by atoms with van der Waals surface area (Å²) in [5, 5.41) is 8.81. The minimum absolute atomic E-state index is 0.381. The Labute approximate surface area is 90.9 Å². The van der Waals surface area contributed by atoms with Gasteiger partial charge < -0.3 is 5.11 Å². The highest BCUT2D eigenvalue weighted by atomic mass is 16.4. The van der Waals surface area contributed by atoms with Gasteiger partial charge >= 0.3 is 5.97 Å². The average Bonchev–Trinajstić information content (AvgIpc) is 2.20. The van der Waals surface area contributed by atoms with Crippen LogP contribution in [-0.4, -0.2) is 11.1 Å². The molecule has 0 fully saturated rings. The van der Waals surface area contributed by atoms with E-state index < -0.39 is 5.97 Å². The number of hydrogen-bond acceptors (Lipinski definition) is 1. The highest BCUT2D eigenvalue weighted by Gasteiger charge is 2.05. The molecule has 15 heavy (non-hydrogen) atoms. The van der Waals surface area contributed by atoms with Crippen LogP contribution in [0.15, 0.2) is 18.2 Å². The third-order valence-corrected chi connectivity index (χ3v) is 2.64. The number of unbranched alkanes of at least 4 members (excludes halogenated alkanes) is 2. The van der Waals surface area contributed by atoms with E-state index in [-0.39, 0.29) is 0 Å². The summed E-state index contributed by atoms with van der Waals surface area (Å²) in [7, 11) is 0. The van der Waals surface area contributed by atoms with Crippen LogP contribution < -0.4 is 0 Å². The van der Waals surface area contributed by atoms with E-state index in [0.717, 1.165) is 12.0 Å². The van der Waals surface area contributed by atoms with Gasteiger partial charge in [-0.25, -0.2) is 4.79 Å². The predicted molar refractivity (Wildman–Crippen MR) is 61.4 cm³/mol. The first-order chi connectivity index (χ1) is 7.15. The molecule has 1 N–H and O–H groups in total.